The summed E-state index contributed by atoms with van der Waals surface area (Å²) in [5.74, 6) is -0.844. The Bertz CT molecular complexity index is 805. The number of hydrogen-bond donors (Lipinski definition) is 2. The first-order chi connectivity index (χ1) is 12.0. The van der Waals surface area contributed by atoms with Gasteiger partial charge >= 0.3 is 0 Å². The minimum atomic E-state index is -0.601. The van der Waals surface area contributed by atoms with Crippen LogP contribution in [-0.2, 0) is 9.59 Å². The number of benzene rings is 2. The fraction of sp³-hybridized carbons (Fsp3) is 0.111. The quantitative estimate of drug-likeness (QED) is 0.755. The number of ether oxygens (including phenoxy) is 2. The van der Waals surface area contributed by atoms with Gasteiger partial charge in [-0.1, -0.05) is 18.2 Å². The standard InChI is InChI=1S/C18H17FN2O4/c1-24-16-10-12(6-8-15(16)25-11-17(20)22)7-9-18(23)21-14-5-3-2-4-13(14)19/h2-10H,11H2,1H3,(H2,20,22)(H,21,23)/b9-7+. The van der Waals surface area contributed by atoms with E-state index < -0.39 is 17.6 Å². The number of nitrogens with two attached hydrogens (primary N) is 1. The molecule has 6 nitrogen and oxygen atoms in total. The minimum Gasteiger partial charge on any atom is -0.493 e. The molecule has 3 N–H and O–H groups in total. The summed E-state index contributed by atoms with van der Waals surface area (Å²) in [7, 11) is 1.45. The molecule has 2 amide bonds. The van der Waals surface area contributed by atoms with Gasteiger partial charge in [0.15, 0.2) is 18.1 Å². The zero-order valence-electron chi connectivity index (χ0n) is 13.5. The highest BCUT2D eigenvalue weighted by Crippen LogP contribution is 2.28. The van der Waals surface area contributed by atoms with Crippen LogP contribution in [0.2, 0.25) is 0 Å². The molecule has 0 aliphatic carbocycles. The molecule has 0 fully saturated rings. The topological polar surface area (TPSA) is 90.7 Å². The largest absolute Gasteiger partial charge is 0.493 e. The van der Waals surface area contributed by atoms with Gasteiger partial charge in [-0.15, -0.1) is 0 Å². The van der Waals surface area contributed by atoms with Gasteiger partial charge in [-0.2, -0.15) is 0 Å². The second-order valence-corrected chi connectivity index (χ2v) is 4.97. The van der Waals surface area contributed by atoms with Gasteiger partial charge in [-0.05, 0) is 35.9 Å². The number of nitrogens with one attached hydrogen (secondary N) is 1. The van der Waals surface area contributed by atoms with Crippen molar-refractivity contribution in [1.82, 2.24) is 0 Å². The van der Waals surface area contributed by atoms with Gasteiger partial charge in [0.25, 0.3) is 5.91 Å². The van der Waals surface area contributed by atoms with Crippen molar-refractivity contribution in [3.05, 3.63) is 59.9 Å². The highest BCUT2D eigenvalue weighted by Gasteiger charge is 2.07. The lowest BCUT2D eigenvalue weighted by Gasteiger charge is -2.10. The summed E-state index contributed by atoms with van der Waals surface area (Å²) in [6.07, 6.45) is 2.81. The Kier molecular flexibility index (Phi) is 6.11. The van der Waals surface area contributed by atoms with Crippen molar-refractivity contribution < 1.29 is 23.5 Å². The molecule has 0 spiro atoms. The molecule has 2 rings (SSSR count). The Morgan fingerprint density at radius 3 is 2.64 bits per heavy atom. The summed E-state index contributed by atoms with van der Waals surface area (Å²) in [6.45, 7) is -0.267. The van der Waals surface area contributed by atoms with Crippen LogP contribution in [0.1, 0.15) is 5.56 Å². The summed E-state index contributed by atoms with van der Waals surface area (Å²) in [5.41, 5.74) is 5.79. The summed E-state index contributed by atoms with van der Waals surface area (Å²) in [6, 6.07) is 10.8. The lowest BCUT2D eigenvalue weighted by molar-refractivity contribution is -0.120. The van der Waals surface area contributed by atoms with Crippen LogP contribution in [0.5, 0.6) is 11.5 Å². The Morgan fingerprint density at radius 1 is 1.20 bits per heavy atom. The van der Waals surface area contributed by atoms with Crippen LogP contribution in [-0.4, -0.2) is 25.5 Å². The Balaban J connectivity index is 2.06. The first kappa shape index (κ1) is 18.0. The van der Waals surface area contributed by atoms with E-state index >= 15 is 0 Å². The van der Waals surface area contributed by atoms with Crippen LogP contribution >= 0.6 is 0 Å². The Morgan fingerprint density at radius 2 is 1.96 bits per heavy atom. The van der Waals surface area contributed by atoms with E-state index in [1.54, 1.807) is 24.3 Å². The molecule has 0 saturated heterocycles. The Hall–Kier alpha value is -3.35. The van der Waals surface area contributed by atoms with E-state index in [9.17, 15) is 14.0 Å². The minimum absolute atomic E-state index is 0.102. The number of rotatable bonds is 7. The molecule has 0 heterocycles. The van der Waals surface area contributed by atoms with Gasteiger partial charge < -0.3 is 20.5 Å². The first-order valence-corrected chi connectivity index (χ1v) is 7.32. The molecule has 0 unspecified atom stereocenters. The van der Waals surface area contributed by atoms with Crippen molar-refractivity contribution in [1.29, 1.82) is 0 Å². The van der Waals surface area contributed by atoms with Crippen LogP contribution in [0.4, 0.5) is 10.1 Å². The maximum absolute atomic E-state index is 13.5. The average molecular weight is 344 g/mol. The maximum atomic E-state index is 13.5. The predicted octanol–water partition coefficient (Wildman–Crippen LogP) is 2.35. The van der Waals surface area contributed by atoms with Gasteiger partial charge in [0, 0.05) is 6.08 Å². The molecule has 2 aromatic carbocycles. The second-order valence-electron chi connectivity index (χ2n) is 4.97. The van der Waals surface area contributed by atoms with Crippen molar-refractivity contribution in [3.63, 3.8) is 0 Å². The maximum Gasteiger partial charge on any atom is 0.255 e. The zero-order valence-corrected chi connectivity index (χ0v) is 13.5. The van der Waals surface area contributed by atoms with E-state index in [4.69, 9.17) is 15.2 Å². The number of carbonyl (C=O) groups excluding carboxylic acids is 2. The molecule has 0 aromatic heterocycles. The molecular formula is C18H17FN2O4. The predicted molar refractivity (Wildman–Crippen MR) is 91.7 cm³/mol. The average Bonchev–Trinajstić information content (AvgIpc) is 2.60. The molecule has 0 aliphatic heterocycles. The van der Waals surface area contributed by atoms with E-state index in [-0.39, 0.29) is 12.3 Å². The first-order valence-electron chi connectivity index (χ1n) is 7.32. The SMILES string of the molecule is COc1cc(/C=C/C(=O)Nc2ccccc2F)ccc1OCC(N)=O. The lowest BCUT2D eigenvalue weighted by Crippen LogP contribution is -2.20. The number of carbonyl (C=O) groups is 2. The molecule has 7 heteroatoms. The van der Waals surface area contributed by atoms with Crippen LogP contribution in [0.25, 0.3) is 6.08 Å². The molecule has 0 aliphatic rings. The molecular weight excluding hydrogens is 327 g/mol. The third kappa shape index (κ3) is 5.35. The highest BCUT2D eigenvalue weighted by atomic mass is 19.1. The van der Waals surface area contributed by atoms with Crippen molar-refractivity contribution in [2.45, 2.75) is 0 Å². The van der Waals surface area contributed by atoms with E-state index in [1.807, 2.05) is 0 Å². The summed E-state index contributed by atoms with van der Waals surface area (Å²) >= 11 is 0. The number of hydrogen-bond acceptors (Lipinski definition) is 4. The van der Waals surface area contributed by atoms with Crippen LogP contribution in [0, 0.1) is 5.82 Å². The molecule has 25 heavy (non-hydrogen) atoms. The highest BCUT2D eigenvalue weighted by molar-refractivity contribution is 6.02. The summed E-state index contributed by atoms with van der Waals surface area (Å²) in [5, 5.41) is 2.45. The van der Waals surface area contributed by atoms with Crippen molar-refractivity contribution in [3.8, 4) is 11.5 Å². The van der Waals surface area contributed by atoms with E-state index in [1.165, 1.54) is 37.5 Å². The van der Waals surface area contributed by atoms with Gasteiger partial charge in [0.05, 0.1) is 12.8 Å². The van der Waals surface area contributed by atoms with Gasteiger partial charge in [-0.3, -0.25) is 9.59 Å². The summed E-state index contributed by atoms with van der Waals surface area (Å²) < 4.78 is 23.9. The van der Waals surface area contributed by atoms with Crippen molar-refractivity contribution in [2.24, 2.45) is 5.73 Å². The molecule has 2 aromatic rings. The number of halogens is 1. The third-order valence-electron chi connectivity index (χ3n) is 3.12. The molecule has 0 radical (unpaired) electrons. The number of primary amides is 1. The molecule has 0 atom stereocenters. The van der Waals surface area contributed by atoms with Gasteiger partial charge in [0.2, 0.25) is 5.91 Å². The molecule has 0 bridgehead atoms. The zero-order chi connectivity index (χ0) is 18.2. The van der Waals surface area contributed by atoms with Gasteiger partial charge in [-0.25, -0.2) is 4.39 Å². The fourth-order valence-corrected chi connectivity index (χ4v) is 1.96. The molecule has 0 saturated carbocycles. The number of methoxy groups -OCH3 is 1. The van der Waals surface area contributed by atoms with E-state index in [0.29, 0.717) is 17.1 Å². The number of amides is 2. The normalized spacial score (nSPS) is 10.5. The molecule has 130 valence electrons. The van der Waals surface area contributed by atoms with Crippen LogP contribution in [0.15, 0.2) is 48.5 Å². The van der Waals surface area contributed by atoms with Crippen LogP contribution in [0.3, 0.4) is 0 Å². The van der Waals surface area contributed by atoms with E-state index in [2.05, 4.69) is 5.32 Å². The smallest absolute Gasteiger partial charge is 0.255 e. The number of anilines is 1. The second kappa shape index (κ2) is 8.49. The van der Waals surface area contributed by atoms with Gasteiger partial charge in [0.1, 0.15) is 5.82 Å². The Labute approximate surface area is 144 Å². The monoisotopic (exact) mass is 344 g/mol. The van der Waals surface area contributed by atoms with E-state index in [0.717, 1.165) is 0 Å². The van der Waals surface area contributed by atoms with Crippen LogP contribution < -0.4 is 20.5 Å². The van der Waals surface area contributed by atoms with Crippen molar-refractivity contribution in [2.75, 3.05) is 19.0 Å². The fourth-order valence-electron chi connectivity index (χ4n) is 1.96. The lowest BCUT2D eigenvalue weighted by atomic mass is 10.2. The third-order valence-corrected chi connectivity index (χ3v) is 3.12. The number of para-hydroxylation sites is 1. The summed E-state index contributed by atoms with van der Waals surface area (Å²) in [4.78, 5) is 22.6. The van der Waals surface area contributed by atoms with Crippen molar-refractivity contribution >= 4 is 23.6 Å².